The molecule has 0 bridgehead atoms. The smallest absolute Gasteiger partial charge is 0.209 e. The first-order chi connectivity index (χ1) is 12.1. The van der Waals surface area contributed by atoms with Crippen molar-refractivity contribution >= 4 is 17.3 Å². The number of aryl methyl sites for hydroxylation is 1. The molecule has 0 aromatic heterocycles. The largest absolute Gasteiger partial charge is 0.368 e. The average molecular weight is 332 g/mol. The highest BCUT2D eigenvalue weighted by atomic mass is 16.1. The van der Waals surface area contributed by atoms with Gasteiger partial charge in [0, 0.05) is 49.1 Å². The summed E-state index contributed by atoms with van der Waals surface area (Å²) < 4.78 is 0. The van der Waals surface area contributed by atoms with Crippen LogP contribution in [0.2, 0.25) is 0 Å². The number of Topliss-reactive ketones (excluding diaryl/α,β-unsaturated/α-hetero) is 1. The quantitative estimate of drug-likeness (QED) is 0.847. The maximum atomic E-state index is 12.8. The highest BCUT2D eigenvalue weighted by Crippen LogP contribution is 2.26. The van der Waals surface area contributed by atoms with E-state index in [2.05, 4.69) is 30.0 Å². The number of rotatable bonds is 2. The number of piperazine rings is 1. The predicted molar refractivity (Wildman–Crippen MR) is 98.2 cm³/mol. The lowest BCUT2D eigenvalue weighted by molar-refractivity contribution is 0.0948. The van der Waals surface area contributed by atoms with E-state index >= 15 is 0 Å². The first-order valence-electron chi connectivity index (χ1n) is 8.60. The Morgan fingerprint density at radius 2 is 1.36 bits per heavy atom. The van der Waals surface area contributed by atoms with Crippen LogP contribution in [0.25, 0.3) is 0 Å². The number of fused-ring (bicyclic) bond motifs is 1. The zero-order chi connectivity index (χ0) is 17.4. The number of nitrogens with zero attached hydrogens (tertiary/aromatic N) is 2. The van der Waals surface area contributed by atoms with E-state index in [1.165, 1.54) is 17.3 Å². The van der Waals surface area contributed by atoms with Crippen molar-refractivity contribution in [2.45, 2.75) is 6.92 Å². The number of hydrogen-bond acceptors (Lipinski definition) is 4. The van der Waals surface area contributed by atoms with Gasteiger partial charge in [-0.25, -0.2) is 0 Å². The Morgan fingerprint density at radius 1 is 0.760 bits per heavy atom. The van der Waals surface area contributed by atoms with E-state index in [0.717, 1.165) is 26.2 Å². The molecule has 0 unspecified atom stereocenters. The third-order valence-corrected chi connectivity index (χ3v) is 5.01. The van der Waals surface area contributed by atoms with Gasteiger partial charge in [0.15, 0.2) is 5.78 Å². The molecule has 1 heterocycles. The lowest BCUT2D eigenvalue weighted by Crippen LogP contribution is -2.47. The van der Waals surface area contributed by atoms with Crippen LogP contribution in [0.4, 0.5) is 5.69 Å². The summed E-state index contributed by atoms with van der Waals surface area (Å²) in [6.07, 6.45) is 1.51. The molecular weight excluding hydrogens is 312 g/mol. The van der Waals surface area contributed by atoms with Gasteiger partial charge < -0.3 is 9.80 Å². The lowest BCUT2D eigenvalue weighted by Gasteiger charge is -2.39. The molecule has 0 atom stereocenters. The molecule has 4 nitrogen and oxygen atoms in total. The molecule has 0 N–H and O–H groups in total. The molecule has 1 saturated heterocycles. The fourth-order valence-corrected chi connectivity index (χ4v) is 3.64. The highest BCUT2D eigenvalue weighted by molar-refractivity contribution is 6.24. The van der Waals surface area contributed by atoms with Crippen molar-refractivity contribution in [3.05, 3.63) is 77.0 Å². The second-order valence-corrected chi connectivity index (χ2v) is 6.53. The van der Waals surface area contributed by atoms with Gasteiger partial charge in [-0.15, -0.1) is 0 Å². The first-order valence-corrected chi connectivity index (χ1v) is 8.60. The van der Waals surface area contributed by atoms with E-state index in [4.69, 9.17) is 0 Å². The van der Waals surface area contributed by atoms with Crippen molar-refractivity contribution in [1.82, 2.24) is 4.90 Å². The third-order valence-electron chi connectivity index (χ3n) is 5.01. The minimum absolute atomic E-state index is 0.0421. The summed E-state index contributed by atoms with van der Waals surface area (Å²) in [6.45, 7) is 5.27. The second kappa shape index (κ2) is 6.20. The van der Waals surface area contributed by atoms with Crippen molar-refractivity contribution in [2.24, 2.45) is 0 Å². The number of ketones is 2. The molecule has 2 aromatic rings. The van der Waals surface area contributed by atoms with Crippen LogP contribution in [0, 0.1) is 6.92 Å². The topological polar surface area (TPSA) is 40.6 Å². The molecule has 1 aliphatic carbocycles. The van der Waals surface area contributed by atoms with E-state index in [0.29, 0.717) is 16.8 Å². The Hall–Kier alpha value is -2.88. The fraction of sp³-hybridized carbons (Fsp3) is 0.238. The molecule has 0 radical (unpaired) electrons. The Balaban J connectivity index is 1.53. The summed E-state index contributed by atoms with van der Waals surface area (Å²) in [5.41, 5.74) is 4.06. The lowest BCUT2D eigenvalue weighted by atomic mass is 9.92. The molecule has 4 heteroatoms. The van der Waals surface area contributed by atoms with Crippen LogP contribution in [0.15, 0.2) is 60.3 Å². The van der Waals surface area contributed by atoms with Crippen molar-refractivity contribution in [1.29, 1.82) is 0 Å². The van der Waals surface area contributed by atoms with Gasteiger partial charge in [0.1, 0.15) is 0 Å². The molecule has 2 aromatic carbocycles. The van der Waals surface area contributed by atoms with E-state index in [9.17, 15) is 9.59 Å². The molecule has 4 rings (SSSR count). The summed E-state index contributed by atoms with van der Waals surface area (Å²) >= 11 is 0. The molecule has 0 amide bonds. The first kappa shape index (κ1) is 15.6. The standard InChI is InChI=1S/C21H20N2O2/c1-15-6-2-5-9-18(15)22-10-12-23(13-11-22)19-14-20(24)16-7-3-4-8-17(16)21(19)25/h2-9,14H,10-13H2,1H3. The van der Waals surface area contributed by atoms with Crippen molar-refractivity contribution in [3.8, 4) is 0 Å². The van der Waals surface area contributed by atoms with Gasteiger partial charge in [-0.1, -0.05) is 42.5 Å². The van der Waals surface area contributed by atoms with Crippen LogP contribution in [0.5, 0.6) is 0 Å². The van der Waals surface area contributed by atoms with Crippen molar-refractivity contribution in [3.63, 3.8) is 0 Å². The molecule has 1 aliphatic heterocycles. The van der Waals surface area contributed by atoms with Crippen molar-refractivity contribution < 1.29 is 9.59 Å². The minimum Gasteiger partial charge on any atom is -0.368 e. The fourth-order valence-electron chi connectivity index (χ4n) is 3.64. The molecule has 126 valence electrons. The van der Waals surface area contributed by atoms with Crippen LogP contribution < -0.4 is 4.90 Å². The van der Waals surface area contributed by atoms with Gasteiger partial charge in [0.25, 0.3) is 0 Å². The third kappa shape index (κ3) is 2.74. The van der Waals surface area contributed by atoms with E-state index in [1.54, 1.807) is 18.2 Å². The number of carbonyl (C=O) groups is 2. The highest BCUT2D eigenvalue weighted by Gasteiger charge is 2.30. The maximum Gasteiger partial charge on any atom is 0.209 e. The monoisotopic (exact) mass is 332 g/mol. The zero-order valence-electron chi connectivity index (χ0n) is 14.2. The Labute approximate surface area is 147 Å². The molecule has 1 fully saturated rings. The van der Waals surface area contributed by atoms with Gasteiger partial charge >= 0.3 is 0 Å². The number of hydrogen-bond donors (Lipinski definition) is 0. The minimum atomic E-state index is -0.0773. The number of para-hydroxylation sites is 1. The van der Waals surface area contributed by atoms with Gasteiger partial charge in [-0.2, -0.15) is 0 Å². The molecule has 2 aliphatic rings. The van der Waals surface area contributed by atoms with Gasteiger partial charge in [0.2, 0.25) is 5.78 Å². The summed E-state index contributed by atoms with van der Waals surface area (Å²) in [5, 5.41) is 0. The molecule has 0 saturated carbocycles. The maximum absolute atomic E-state index is 12.8. The van der Waals surface area contributed by atoms with E-state index in [1.807, 2.05) is 17.0 Å². The summed E-state index contributed by atoms with van der Waals surface area (Å²) in [5.74, 6) is -0.119. The summed E-state index contributed by atoms with van der Waals surface area (Å²) in [6, 6.07) is 15.4. The van der Waals surface area contributed by atoms with E-state index < -0.39 is 0 Å². The van der Waals surface area contributed by atoms with Crippen LogP contribution in [0.3, 0.4) is 0 Å². The Morgan fingerprint density at radius 3 is 2.08 bits per heavy atom. The Bertz CT molecular complexity index is 877. The normalized spacial score (nSPS) is 17.4. The number of allylic oxidation sites excluding steroid dienone is 2. The van der Waals surface area contributed by atoms with Gasteiger partial charge in [0.05, 0.1) is 5.70 Å². The van der Waals surface area contributed by atoms with Crippen LogP contribution >= 0.6 is 0 Å². The van der Waals surface area contributed by atoms with Crippen molar-refractivity contribution in [2.75, 3.05) is 31.1 Å². The summed E-state index contributed by atoms with van der Waals surface area (Å²) in [4.78, 5) is 29.5. The molecule has 25 heavy (non-hydrogen) atoms. The predicted octanol–water partition coefficient (Wildman–Crippen LogP) is 3.08. The van der Waals surface area contributed by atoms with Gasteiger partial charge in [-0.05, 0) is 18.6 Å². The number of anilines is 1. The number of benzene rings is 2. The second-order valence-electron chi connectivity index (χ2n) is 6.53. The van der Waals surface area contributed by atoms with E-state index in [-0.39, 0.29) is 11.6 Å². The zero-order valence-corrected chi connectivity index (χ0v) is 14.2. The number of carbonyl (C=O) groups excluding carboxylic acids is 2. The van der Waals surface area contributed by atoms with Crippen LogP contribution in [0.1, 0.15) is 26.3 Å². The molecule has 0 spiro atoms. The SMILES string of the molecule is Cc1ccccc1N1CCN(C2=CC(=O)c3ccccc3C2=O)CC1. The van der Waals surface area contributed by atoms with Crippen LogP contribution in [-0.2, 0) is 0 Å². The average Bonchev–Trinajstić information content (AvgIpc) is 2.65. The van der Waals surface area contributed by atoms with Crippen LogP contribution in [-0.4, -0.2) is 42.6 Å². The Kier molecular flexibility index (Phi) is 3.88. The van der Waals surface area contributed by atoms with Gasteiger partial charge in [-0.3, -0.25) is 9.59 Å². The summed E-state index contributed by atoms with van der Waals surface area (Å²) in [7, 11) is 0. The molecular formula is C21H20N2O2.